The van der Waals surface area contributed by atoms with Crippen molar-refractivity contribution in [3.63, 3.8) is 0 Å². The van der Waals surface area contributed by atoms with Crippen molar-refractivity contribution in [2.45, 2.75) is 19.4 Å². The summed E-state index contributed by atoms with van der Waals surface area (Å²) in [5.41, 5.74) is 8.29. The van der Waals surface area contributed by atoms with Gasteiger partial charge in [0.1, 0.15) is 0 Å². The lowest BCUT2D eigenvalue weighted by atomic mass is 9.96. The van der Waals surface area contributed by atoms with Gasteiger partial charge in [-0.25, -0.2) is 0 Å². The van der Waals surface area contributed by atoms with Crippen LogP contribution in [0.4, 0.5) is 0 Å². The summed E-state index contributed by atoms with van der Waals surface area (Å²) >= 11 is 0. The second-order valence-electron chi connectivity index (χ2n) is 8.15. The van der Waals surface area contributed by atoms with Crippen LogP contribution in [0.25, 0.3) is 38.4 Å². The van der Waals surface area contributed by atoms with E-state index in [1.807, 2.05) is 12.4 Å². The van der Waals surface area contributed by atoms with Crippen molar-refractivity contribution in [3.05, 3.63) is 102 Å². The fourth-order valence-electron chi connectivity index (χ4n) is 4.71. The quantitative estimate of drug-likeness (QED) is 0.375. The topological polar surface area (TPSA) is 53.6 Å². The predicted molar refractivity (Wildman–Crippen MR) is 126 cm³/mol. The summed E-state index contributed by atoms with van der Waals surface area (Å²) in [7, 11) is 0. The highest BCUT2D eigenvalue weighted by Crippen LogP contribution is 2.38. The number of aromatic amines is 1. The smallest absolute Gasteiger partial charge is 0.0924 e. The Hall–Kier alpha value is -3.92. The molecule has 1 aliphatic rings. The first kappa shape index (κ1) is 17.9. The number of pyridine rings is 1. The zero-order valence-corrected chi connectivity index (χ0v) is 17.3. The molecule has 0 aliphatic carbocycles. The summed E-state index contributed by atoms with van der Waals surface area (Å²) in [5.74, 6) is 0. The first-order valence-electron chi connectivity index (χ1n) is 10.6. The lowest BCUT2D eigenvalue weighted by molar-refractivity contribution is 0.638. The van der Waals surface area contributed by atoms with Gasteiger partial charge in [-0.2, -0.15) is 5.10 Å². The standard InChI is InChI=1S/C27H22N4/c1-17-22(18-7-3-2-4-8-18)14-26(29-17)27-23-13-19(11-12-25(23)30-31-27)24-16-28-15-20-9-5-6-10-21(20)24/h2-13,15-16,26,29H,14H2,1H3,(H,30,31). The van der Waals surface area contributed by atoms with Crippen molar-refractivity contribution in [1.29, 1.82) is 0 Å². The molecule has 150 valence electrons. The molecule has 1 aliphatic heterocycles. The molecular formula is C27H22N4. The number of hydrogen-bond donors (Lipinski definition) is 2. The van der Waals surface area contributed by atoms with Gasteiger partial charge in [-0.05, 0) is 41.1 Å². The van der Waals surface area contributed by atoms with Crippen LogP contribution in [-0.2, 0) is 0 Å². The Labute approximate surface area is 180 Å². The molecule has 0 spiro atoms. The Balaban J connectivity index is 1.41. The van der Waals surface area contributed by atoms with Crippen LogP contribution in [0.5, 0.6) is 0 Å². The van der Waals surface area contributed by atoms with E-state index in [1.54, 1.807) is 0 Å². The van der Waals surface area contributed by atoms with Gasteiger partial charge in [0, 0.05) is 40.8 Å². The maximum absolute atomic E-state index is 4.58. The zero-order chi connectivity index (χ0) is 20.8. The molecule has 0 amide bonds. The van der Waals surface area contributed by atoms with Crippen molar-refractivity contribution in [2.24, 2.45) is 0 Å². The number of benzene rings is 3. The molecule has 3 aromatic carbocycles. The minimum absolute atomic E-state index is 0.182. The van der Waals surface area contributed by atoms with Crippen molar-refractivity contribution in [2.75, 3.05) is 0 Å². The van der Waals surface area contributed by atoms with Gasteiger partial charge in [0.2, 0.25) is 0 Å². The fourth-order valence-corrected chi connectivity index (χ4v) is 4.71. The van der Waals surface area contributed by atoms with Gasteiger partial charge in [0.25, 0.3) is 0 Å². The Kier molecular flexibility index (Phi) is 4.10. The summed E-state index contributed by atoms with van der Waals surface area (Å²) < 4.78 is 0. The average molecular weight is 403 g/mol. The summed E-state index contributed by atoms with van der Waals surface area (Å²) in [6, 6.07) is 25.7. The van der Waals surface area contributed by atoms with Crippen LogP contribution in [0, 0.1) is 0 Å². The molecule has 2 N–H and O–H groups in total. The summed E-state index contributed by atoms with van der Waals surface area (Å²) in [5, 5.41) is 15.1. The van der Waals surface area contributed by atoms with E-state index < -0.39 is 0 Å². The molecule has 5 aromatic rings. The highest BCUT2D eigenvalue weighted by Gasteiger charge is 2.26. The van der Waals surface area contributed by atoms with E-state index in [2.05, 4.69) is 100 Å². The van der Waals surface area contributed by atoms with E-state index in [9.17, 15) is 0 Å². The Morgan fingerprint density at radius 1 is 0.839 bits per heavy atom. The number of fused-ring (bicyclic) bond motifs is 2. The number of nitrogens with zero attached hydrogens (tertiary/aromatic N) is 2. The number of rotatable bonds is 3. The average Bonchev–Trinajstić information content (AvgIpc) is 3.42. The first-order valence-corrected chi connectivity index (χ1v) is 10.6. The third kappa shape index (κ3) is 2.99. The molecular weight excluding hydrogens is 380 g/mol. The largest absolute Gasteiger partial charge is 0.380 e. The molecule has 0 fully saturated rings. The molecule has 1 atom stereocenters. The number of allylic oxidation sites excluding steroid dienone is 1. The molecule has 0 radical (unpaired) electrons. The molecule has 4 nitrogen and oxygen atoms in total. The van der Waals surface area contributed by atoms with Gasteiger partial charge >= 0.3 is 0 Å². The van der Waals surface area contributed by atoms with Crippen LogP contribution >= 0.6 is 0 Å². The normalized spacial score (nSPS) is 16.2. The fraction of sp³-hybridized carbons (Fsp3) is 0.111. The van der Waals surface area contributed by atoms with Crippen LogP contribution in [-0.4, -0.2) is 15.2 Å². The van der Waals surface area contributed by atoms with Gasteiger partial charge in [-0.15, -0.1) is 0 Å². The third-order valence-electron chi connectivity index (χ3n) is 6.29. The van der Waals surface area contributed by atoms with Crippen molar-refractivity contribution < 1.29 is 0 Å². The molecule has 0 bridgehead atoms. The Bertz CT molecular complexity index is 1440. The third-order valence-corrected chi connectivity index (χ3v) is 6.29. The number of hydrogen-bond acceptors (Lipinski definition) is 3. The van der Waals surface area contributed by atoms with Crippen molar-refractivity contribution in [3.8, 4) is 11.1 Å². The van der Waals surface area contributed by atoms with Gasteiger partial charge in [0.15, 0.2) is 0 Å². The van der Waals surface area contributed by atoms with Crippen LogP contribution in [0.1, 0.15) is 30.6 Å². The number of nitrogens with one attached hydrogen (secondary N) is 2. The lowest BCUT2D eigenvalue weighted by Gasteiger charge is -2.12. The minimum Gasteiger partial charge on any atom is -0.380 e. The number of aromatic nitrogens is 3. The summed E-state index contributed by atoms with van der Waals surface area (Å²) in [6.45, 7) is 2.16. The Morgan fingerprint density at radius 2 is 1.68 bits per heavy atom. The zero-order valence-electron chi connectivity index (χ0n) is 17.3. The van der Waals surface area contributed by atoms with Crippen LogP contribution in [0.2, 0.25) is 0 Å². The van der Waals surface area contributed by atoms with E-state index in [4.69, 9.17) is 0 Å². The first-order chi connectivity index (χ1) is 15.3. The monoisotopic (exact) mass is 402 g/mol. The van der Waals surface area contributed by atoms with Crippen LogP contribution < -0.4 is 5.32 Å². The molecule has 4 heteroatoms. The van der Waals surface area contributed by atoms with Gasteiger partial charge in [-0.3, -0.25) is 10.1 Å². The maximum Gasteiger partial charge on any atom is 0.0924 e. The van der Waals surface area contributed by atoms with Gasteiger partial charge in [0.05, 0.1) is 17.3 Å². The second kappa shape index (κ2) is 7.10. The van der Waals surface area contributed by atoms with Crippen molar-refractivity contribution in [1.82, 2.24) is 20.5 Å². The summed E-state index contributed by atoms with van der Waals surface area (Å²) in [4.78, 5) is 4.47. The Morgan fingerprint density at radius 3 is 2.58 bits per heavy atom. The minimum atomic E-state index is 0.182. The highest BCUT2D eigenvalue weighted by atomic mass is 15.1. The van der Waals surface area contributed by atoms with E-state index in [-0.39, 0.29) is 6.04 Å². The maximum atomic E-state index is 4.58. The van der Waals surface area contributed by atoms with E-state index in [0.29, 0.717) is 0 Å². The molecule has 1 unspecified atom stereocenters. The lowest BCUT2D eigenvalue weighted by Crippen LogP contribution is -2.13. The van der Waals surface area contributed by atoms with Crippen molar-refractivity contribution >= 4 is 27.2 Å². The molecule has 2 aromatic heterocycles. The van der Waals surface area contributed by atoms with E-state index >= 15 is 0 Å². The highest BCUT2D eigenvalue weighted by molar-refractivity contribution is 5.98. The predicted octanol–water partition coefficient (Wildman–Crippen LogP) is 6.24. The molecule has 0 saturated carbocycles. The molecule has 0 saturated heterocycles. The number of H-pyrrole nitrogens is 1. The van der Waals surface area contributed by atoms with Gasteiger partial charge in [-0.1, -0.05) is 60.7 Å². The SMILES string of the molecule is CC1=C(c2ccccc2)CC(c2[nH]nc3ccc(-c4cncc5ccccc45)cc23)N1. The molecule has 3 heterocycles. The molecule has 31 heavy (non-hydrogen) atoms. The summed E-state index contributed by atoms with van der Waals surface area (Å²) in [6.07, 6.45) is 4.81. The van der Waals surface area contributed by atoms with Crippen LogP contribution in [0.3, 0.4) is 0 Å². The van der Waals surface area contributed by atoms with E-state index in [0.717, 1.165) is 39.5 Å². The van der Waals surface area contributed by atoms with E-state index in [1.165, 1.54) is 22.2 Å². The van der Waals surface area contributed by atoms with Crippen LogP contribution in [0.15, 0.2) is 90.9 Å². The van der Waals surface area contributed by atoms with Gasteiger partial charge < -0.3 is 5.32 Å². The molecule has 6 rings (SSSR count). The second-order valence-corrected chi connectivity index (χ2v) is 8.15.